The van der Waals surface area contributed by atoms with Gasteiger partial charge in [0.15, 0.2) is 0 Å². The first-order valence-electron chi connectivity index (χ1n) is 0.143. The summed E-state index contributed by atoms with van der Waals surface area (Å²) in [5, 5.41) is 0. The van der Waals surface area contributed by atoms with E-state index in [0.29, 0.717) is 0 Å². The second-order valence-electron chi connectivity index (χ2n) is 0. The van der Waals surface area contributed by atoms with Gasteiger partial charge in [-0.3, -0.25) is 0 Å². The topological polar surface area (TPSA) is 35.0 Å². The molecule has 0 rings (SSSR count). The minimum atomic E-state index is 0. The predicted molar refractivity (Wildman–Crippen MR) is 30.1 cm³/mol. The van der Waals surface area contributed by atoms with E-state index in [4.69, 9.17) is 0 Å². The standard InChI is InChI=1S/Ag.Br2.ClH.H3N/c;1-2;;/h;;1H;1H3. The summed E-state index contributed by atoms with van der Waals surface area (Å²) in [5.41, 5.74) is 0. The second-order valence-corrected chi connectivity index (χ2v) is 0. The summed E-state index contributed by atoms with van der Waals surface area (Å²) in [6.07, 6.45) is 0. The van der Waals surface area contributed by atoms with Gasteiger partial charge in [-0.25, -0.2) is 0 Å². The summed E-state index contributed by atoms with van der Waals surface area (Å²) in [6, 6.07) is 0. The van der Waals surface area contributed by atoms with Gasteiger partial charge in [0.05, 0.1) is 0 Å². The fourth-order valence-corrected chi connectivity index (χ4v) is 0. The molecule has 0 aliphatic rings. The Kier molecular flexibility index (Phi) is 217. The molecular weight excluding hydrogens is 317 g/mol. The first-order valence-corrected chi connectivity index (χ1v) is 3.86. The van der Waals surface area contributed by atoms with Crippen LogP contribution in [-0.2, 0) is 22.4 Å². The first-order chi connectivity index (χ1) is 1.00. The van der Waals surface area contributed by atoms with Crippen molar-refractivity contribution in [3.8, 4) is 0 Å². The maximum atomic E-state index is 2.75. The van der Waals surface area contributed by atoms with Crippen LogP contribution in [0.2, 0.25) is 0 Å². The monoisotopic (exact) mass is 318 g/mol. The molecule has 0 aliphatic carbocycles. The van der Waals surface area contributed by atoms with Crippen LogP contribution in [0, 0.1) is 0 Å². The molecule has 5 heteroatoms. The number of hydrogen-bond donors (Lipinski definition) is 1. The van der Waals surface area contributed by atoms with Gasteiger partial charge in [0.1, 0.15) is 0 Å². The van der Waals surface area contributed by atoms with Crippen LogP contribution in [0.15, 0.2) is 0 Å². The molecule has 0 aromatic rings. The minimum Gasteiger partial charge on any atom is -0.344 e. The Morgan fingerprint density at radius 2 is 1.00 bits per heavy atom. The smallest absolute Gasteiger partial charge is 0 e. The van der Waals surface area contributed by atoms with Crippen molar-refractivity contribution in [3.05, 3.63) is 0 Å². The average molecular weight is 321 g/mol. The van der Waals surface area contributed by atoms with Crippen molar-refractivity contribution in [3.63, 3.8) is 0 Å². The fraction of sp³-hybridized carbons (Fsp3) is 0. The Hall–Kier alpha value is 1.95. The SMILES string of the molecule is BrBr.Cl.N.[Ag]. The fourth-order valence-electron chi connectivity index (χ4n) is 0. The molecule has 0 fully saturated rings. The molecule has 0 amide bonds. The van der Waals surface area contributed by atoms with Crippen LogP contribution in [0.25, 0.3) is 0 Å². The summed E-state index contributed by atoms with van der Waals surface area (Å²) in [6.45, 7) is 0. The average Bonchev–Trinajstić information content (AvgIpc) is 1.00. The summed E-state index contributed by atoms with van der Waals surface area (Å²) in [5.74, 6) is 0. The zero-order chi connectivity index (χ0) is 2.00. The van der Waals surface area contributed by atoms with Crippen molar-refractivity contribution < 1.29 is 22.4 Å². The van der Waals surface area contributed by atoms with Gasteiger partial charge in [0.25, 0.3) is 0 Å². The van der Waals surface area contributed by atoms with Crippen molar-refractivity contribution in [1.29, 1.82) is 0 Å². The quantitative estimate of drug-likeness (QED) is 0.683. The molecule has 0 atom stereocenters. The van der Waals surface area contributed by atoms with Crippen LogP contribution in [0.4, 0.5) is 0 Å². The summed E-state index contributed by atoms with van der Waals surface area (Å²) in [4.78, 5) is 0. The third-order valence-electron chi connectivity index (χ3n) is 0. The molecule has 1 nitrogen and oxygen atoms in total. The van der Waals surface area contributed by atoms with E-state index in [0.717, 1.165) is 0 Å². The van der Waals surface area contributed by atoms with Gasteiger partial charge in [0, 0.05) is 50.6 Å². The Morgan fingerprint density at radius 1 is 1.00 bits per heavy atom. The van der Waals surface area contributed by atoms with Gasteiger partial charge in [-0.05, 0) is 0 Å². The molecular formula is H4AgBr2ClN. The van der Waals surface area contributed by atoms with E-state index in [-0.39, 0.29) is 40.9 Å². The van der Waals surface area contributed by atoms with Gasteiger partial charge in [-0.15, -0.1) is 12.4 Å². The molecule has 0 bridgehead atoms. The molecule has 0 unspecified atom stereocenters. The summed E-state index contributed by atoms with van der Waals surface area (Å²) in [7, 11) is 0. The molecule has 5 heavy (non-hydrogen) atoms. The summed E-state index contributed by atoms with van der Waals surface area (Å²) >= 11 is 5.50. The van der Waals surface area contributed by atoms with E-state index in [1.54, 1.807) is 0 Å². The van der Waals surface area contributed by atoms with E-state index in [1.807, 2.05) is 0 Å². The van der Waals surface area contributed by atoms with E-state index >= 15 is 0 Å². The van der Waals surface area contributed by atoms with Gasteiger partial charge >= 0.3 is 0 Å². The maximum Gasteiger partial charge on any atom is 0 e. The molecule has 0 heterocycles. The second kappa shape index (κ2) is 38.3. The van der Waals surface area contributed by atoms with Crippen molar-refractivity contribution in [2.45, 2.75) is 0 Å². The van der Waals surface area contributed by atoms with Gasteiger partial charge in [-0.1, -0.05) is 0 Å². The Bertz CT molecular complexity index is 9.61. The van der Waals surface area contributed by atoms with Crippen molar-refractivity contribution in [1.82, 2.24) is 6.15 Å². The molecule has 0 saturated carbocycles. The first kappa shape index (κ1) is 28.3. The van der Waals surface area contributed by atoms with Crippen LogP contribution >= 0.6 is 40.7 Å². The Balaban J connectivity index is -0.00000000167. The normalized spacial score (nSPS) is 1.20. The van der Waals surface area contributed by atoms with E-state index in [1.165, 1.54) is 0 Å². The van der Waals surface area contributed by atoms with E-state index in [2.05, 4.69) is 28.3 Å². The van der Waals surface area contributed by atoms with Crippen LogP contribution < -0.4 is 6.15 Å². The van der Waals surface area contributed by atoms with E-state index in [9.17, 15) is 0 Å². The van der Waals surface area contributed by atoms with Crippen molar-refractivity contribution >= 4 is 40.7 Å². The molecule has 0 aromatic heterocycles. The Labute approximate surface area is 68.6 Å². The Morgan fingerprint density at radius 3 is 1.00 bits per heavy atom. The maximum absolute atomic E-state index is 2.75. The van der Waals surface area contributed by atoms with Gasteiger partial charge < -0.3 is 6.15 Å². The number of hydrogen-bond acceptors (Lipinski definition) is 1. The van der Waals surface area contributed by atoms with E-state index < -0.39 is 0 Å². The third-order valence-corrected chi connectivity index (χ3v) is 0. The molecule has 0 aliphatic heterocycles. The molecule has 1 radical (unpaired) electrons. The van der Waals surface area contributed by atoms with Crippen LogP contribution in [0.1, 0.15) is 0 Å². The zero-order valence-electron chi connectivity index (χ0n) is 2.17. The van der Waals surface area contributed by atoms with Crippen molar-refractivity contribution in [2.75, 3.05) is 0 Å². The number of rotatable bonds is 0. The molecule has 0 spiro atoms. The van der Waals surface area contributed by atoms with Gasteiger partial charge in [-0.2, -0.15) is 0 Å². The zero-order valence-corrected chi connectivity index (χ0v) is 7.64. The predicted octanol–water partition coefficient (Wildman–Crippen LogP) is 2.27. The van der Waals surface area contributed by atoms with Crippen LogP contribution in [0.5, 0.6) is 0 Å². The molecule has 0 saturated heterocycles. The number of halogens is 3. The molecule has 0 aromatic carbocycles. The summed E-state index contributed by atoms with van der Waals surface area (Å²) < 4.78 is 0. The minimum absolute atomic E-state index is 0. The van der Waals surface area contributed by atoms with Crippen molar-refractivity contribution in [2.24, 2.45) is 0 Å². The molecule has 41 valence electrons. The largest absolute Gasteiger partial charge is 0.344 e. The third kappa shape index (κ3) is 24.4. The van der Waals surface area contributed by atoms with Gasteiger partial charge in [0.2, 0.25) is 0 Å². The van der Waals surface area contributed by atoms with Crippen LogP contribution in [-0.4, -0.2) is 0 Å². The van der Waals surface area contributed by atoms with Crippen LogP contribution in [0.3, 0.4) is 0 Å². The molecule has 3 N–H and O–H groups in total.